The van der Waals surface area contributed by atoms with E-state index < -0.39 is 12.7 Å². The summed E-state index contributed by atoms with van der Waals surface area (Å²) in [5.41, 5.74) is 4.68. The highest BCUT2D eigenvalue weighted by molar-refractivity contribution is 8.53. The van der Waals surface area contributed by atoms with Crippen LogP contribution < -0.4 is 15.5 Å². The molecule has 0 saturated heterocycles. The van der Waals surface area contributed by atoms with Gasteiger partial charge < -0.3 is 20.1 Å². The molecule has 60 valence electrons. The average molecular weight is 183 g/mol. The molecule has 0 atom stereocenters. The monoisotopic (exact) mass is 183 g/mol. The lowest BCUT2D eigenvalue weighted by molar-refractivity contribution is -0.302. The Bertz CT molecular complexity index is 166. The summed E-state index contributed by atoms with van der Waals surface area (Å²) >= 11 is 0.206. The normalized spacial score (nSPS) is 11.4. The van der Waals surface area contributed by atoms with Crippen LogP contribution in [-0.2, 0) is 9.36 Å². The Morgan fingerprint density at radius 3 is 2.40 bits per heavy atom. The van der Waals surface area contributed by atoms with E-state index in [9.17, 15) is 19.1 Å². The summed E-state index contributed by atoms with van der Waals surface area (Å²) < 4.78 is 9.90. The van der Waals surface area contributed by atoms with E-state index in [1.807, 2.05) is 0 Å². The van der Waals surface area contributed by atoms with Gasteiger partial charge in [0, 0.05) is 12.2 Å². The van der Waals surface area contributed by atoms with Gasteiger partial charge in [-0.2, -0.15) is 0 Å². The fraction of sp³-hybridized carbons (Fsp3) is 0.667. The molecule has 0 spiro atoms. The summed E-state index contributed by atoms with van der Waals surface area (Å²) in [6, 6.07) is 0. The number of carbonyl (C=O) groups is 1. The number of nitrogens with two attached hydrogens (primary N) is 1. The predicted octanol–water partition coefficient (Wildman–Crippen LogP) is -1.58. The first-order valence-electron chi connectivity index (χ1n) is 2.37. The number of rotatable bonds is 4. The van der Waals surface area contributed by atoms with Gasteiger partial charge in [0.25, 0.3) is 0 Å². The highest BCUT2D eigenvalue weighted by atomic mass is 32.7. The summed E-state index contributed by atoms with van der Waals surface area (Å²) in [5.74, 6) is -0.666. The van der Waals surface area contributed by atoms with Gasteiger partial charge >= 0.3 is 0 Å². The maximum Gasteiger partial charge on any atom is 0.218 e. The van der Waals surface area contributed by atoms with E-state index in [4.69, 9.17) is 0 Å². The second kappa shape index (κ2) is 3.98. The van der Waals surface area contributed by atoms with Crippen molar-refractivity contribution in [3.8, 4) is 0 Å². The van der Waals surface area contributed by atoms with Crippen molar-refractivity contribution < 1.29 is 19.1 Å². The molecule has 0 aliphatic rings. The van der Waals surface area contributed by atoms with Crippen molar-refractivity contribution in [3.63, 3.8) is 0 Å². The topological polar surface area (TPSA) is 106 Å². The van der Waals surface area contributed by atoms with Crippen LogP contribution in [0.5, 0.6) is 0 Å². The fourth-order valence-corrected chi connectivity index (χ4v) is 1.72. The number of hydrogen-bond acceptors (Lipinski definition) is 5. The smallest absolute Gasteiger partial charge is 0.218 e. The second-order valence-corrected chi connectivity index (χ2v) is 5.17. The minimum Gasteiger partial charge on any atom is -0.803 e. The summed E-state index contributed by atoms with van der Waals surface area (Å²) in [4.78, 5) is 29.8. The zero-order valence-electron chi connectivity index (χ0n) is 4.98. The fourth-order valence-electron chi connectivity index (χ4n) is 0.258. The van der Waals surface area contributed by atoms with Gasteiger partial charge in [-0.1, -0.05) is 0 Å². The molecule has 0 aromatic rings. The predicted molar refractivity (Wildman–Crippen MR) is 33.9 cm³/mol. The molecule has 7 heteroatoms. The lowest BCUT2D eigenvalue weighted by atomic mass is 10.5. The van der Waals surface area contributed by atoms with E-state index in [0.717, 1.165) is 0 Å². The largest absolute Gasteiger partial charge is 0.803 e. The van der Waals surface area contributed by atoms with Gasteiger partial charge in [0.1, 0.15) is 0 Å². The van der Waals surface area contributed by atoms with Crippen molar-refractivity contribution >= 4 is 24.1 Å². The van der Waals surface area contributed by atoms with Gasteiger partial charge in [-0.25, -0.2) is 0 Å². The summed E-state index contributed by atoms with van der Waals surface area (Å²) in [6.07, 6.45) is -0.0842. The first kappa shape index (κ1) is 9.97. The average Bonchev–Trinajstić information content (AvgIpc) is 1.59. The van der Waals surface area contributed by atoms with Gasteiger partial charge in [0.2, 0.25) is 5.91 Å². The standard InChI is InChI=1S/C3H8NO4PS/c4-3(5)1-2-10-9(6,7)8/h1-2H2,(H2,4,5)(H2,6,7,8)/p-2. The van der Waals surface area contributed by atoms with Crippen LogP contribution in [0.25, 0.3) is 0 Å². The minimum absolute atomic E-state index is 0.0559. The molecule has 5 nitrogen and oxygen atoms in total. The molecule has 0 aliphatic heterocycles. The molecular weight excluding hydrogens is 177 g/mol. The van der Waals surface area contributed by atoms with Crippen molar-refractivity contribution in [2.75, 3.05) is 5.75 Å². The zero-order chi connectivity index (χ0) is 8.20. The Morgan fingerprint density at radius 2 is 2.10 bits per heavy atom. The summed E-state index contributed by atoms with van der Waals surface area (Å²) in [7, 11) is 0. The van der Waals surface area contributed by atoms with Gasteiger partial charge in [0.05, 0.1) is 0 Å². The molecule has 1 amide bonds. The van der Waals surface area contributed by atoms with Crippen molar-refractivity contribution in [3.05, 3.63) is 0 Å². The van der Waals surface area contributed by atoms with Gasteiger partial charge in [0.15, 0.2) is 0 Å². The van der Waals surface area contributed by atoms with E-state index in [2.05, 4.69) is 5.73 Å². The van der Waals surface area contributed by atoms with Crippen LogP contribution in [0.3, 0.4) is 0 Å². The third kappa shape index (κ3) is 7.97. The van der Waals surface area contributed by atoms with Crippen LogP contribution >= 0.6 is 18.2 Å². The van der Waals surface area contributed by atoms with Crippen LogP contribution in [-0.4, -0.2) is 11.7 Å². The Kier molecular flexibility index (Phi) is 3.96. The van der Waals surface area contributed by atoms with Gasteiger partial charge in [-0.3, -0.25) is 4.79 Å². The van der Waals surface area contributed by atoms with Crippen molar-refractivity contribution in [2.45, 2.75) is 6.42 Å². The quantitative estimate of drug-likeness (QED) is 0.529. The van der Waals surface area contributed by atoms with Crippen molar-refractivity contribution in [1.82, 2.24) is 0 Å². The molecule has 0 aromatic heterocycles. The lowest BCUT2D eigenvalue weighted by Crippen LogP contribution is -2.14. The zero-order valence-corrected chi connectivity index (χ0v) is 6.69. The number of amides is 1. The summed E-state index contributed by atoms with van der Waals surface area (Å²) in [6.45, 7) is -4.51. The van der Waals surface area contributed by atoms with Crippen LogP contribution in [0.2, 0.25) is 0 Å². The molecule has 0 rings (SSSR count). The van der Waals surface area contributed by atoms with Crippen LogP contribution in [0.1, 0.15) is 6.42 Å². The Balaban J connectivity index is 3.39. The minimum atomic E-state index is -4.51. The Labute approximate surface area is 61.9 Å². The molecule has 0 aromatic carbocycles. The molecule has 0 fully saturated rings. The second-order valence-electron chi connectivity index (χ2n) is 1.50. The van der Waals surface area contributed by atoms with Crippen molar-refractivity contribution in [1.29, 1.82) is 0 Å². The Morgan fingerprint density at radius 1 is 1.60 bits per heavy atom. The van der Waals surface area contributed by atoms with E-state index >= 15 is 0 Å². The third-order valence-electron chi connectivity index (χ3n) is 0.598. The molecule has 0 radical (unpaired) electrons. The number of hydrogen-bond donors (Lipinski definition) is 1. The first-order chi connectivity index (χ1) is 4.42. The SMILES string of the molecule is NC(=O)CCSP(=O)([O-])[O-]. The molecular formula is C3H6NO4PS-2. The highest BCUT2D eigenvalue weighted by Crippen LogP contribution is 2.41. The van der Waals surface area contributed by atoms with E-state index in [1.165, 1.54) is 0 Å². The van der Waals surface area contributed by atoms with E-state index in [1.54, 1.807) is 0 Å². The molecule has 0 aliphatic carbocycles. The maximum atomic E-state index is 10.0. The number of primary amides is 1. The molecule has 10 heavy (non-hydrogen) atoms. The molecule has 0 saturated carbocycles. The van der Waals surface area contributed by atoms with Crippen molar-refractivity contribution in [2.24, 2.45) is 5.73 Å². The summed E-state index contributed by atoms with van der Waals surface area (Å²) in [5, 5.41) is 0. The Hall–Kier alpha value is -0.0300. The molecule has 0 bridgehead atoms. The third-order valence-corrected chi connectivity index (χ3v) is 2.80. The van der Waals surface area contributed by atoms with Crippen LogP contribution in [0.4, 0.5) is 0 Å². The molecule has 0 unspecified atom stereocenters. The lowest BCUT2D eigenvalue weighted by Gasteiger charge is -2.27. The maximum absolute atomic E-state index is 10.0. The van der Waals surface area contributed by atoms with E-state index in [0.29, 0.717) is 0 Å². The van der Waals surface area contributed by atoms with Crippen LogP contribution in [0.15, 0.2) is 0 Å². The number of carbonyl (C=O) groups excluding carboxylic acids is 1. The first-order valence-corrected chi connectivity index (χ1v) is 5.50. The molecule has 2 N–H and O–H groups in total. The van der Waals surface area contributed by atoms with Crippen LogP contribution in [0, 0.1) is 0 Å². The highest BCUT2D eigenvalue weighted by Gasteiger charge is 1.95. The van der Waals surface area contributed by atoms with E-state index in [-0.39, 0.29) is 23.6 Å². The van der Waals surface area contributed by atoms with Gasteiger partial charge in [-0.15, -0.1) is 11.4 Å². The van der Waals surface area contributed by atoms with Gasteiger partial charge in [-0.05, 0) is 6.80 Å². The molecule has 0 heterocycles.